The Morgan fingerprint density at radius 2 is 1.70 bits per heavy atom. The largest absolute Gasteiger partial charge is 0.493 e. The van der Waals surface area contributed by atoms with E-state index in [-0.39, 0.29) is 5.91 Å². The van der Waals surface area contributed by atoms with Gasteiger partial charge in [-0.1, -0.05) is 0 Å². The number of methoxy groups -OCH3 is 3. The molecule has 0 spiro atoms. The summed E-state index contributed by atoms with van der Waals surface area (Å²) in [5.41, 5.74) is 2.30. The zero-order chi connectivity index (χ0) is 19.6. The molecule has 9 heteroatoms. The van der Waals surface area contributed by atoms with Crippen molar-refractivity contribution in [2.24, 2.45) is 0 Å². The first-order valence-electron chi connectivity index (χ1n) is 7.98. The van der Waals surface area contributed by atoms with Crippen molar-refractivity contribution < 1.29 is 19.0 Å². The van der Waals surface area contributed by atoms with Gasteiger partial charge in [0.2, 0.25) is 5.75 Å². The Kier molecular flexibility index (Phi) is 5.62. The molecule has 2 heterocycles. The fraction of sp³-hybridized carbons (Fsp3) is 0.278. The van der Waals surface area contributed by atoms with Crippen molar-refractivity contribution in [1.82, 2.24) is 9.97 Å². The number of aromatic nitrogens is 2. The SMILES string of the molecule is COc1cc(-c2nc(C)c(C(=O)Nc3nc(C)cs3)s2)cc(OC)c1OC. The lowest BCUT2D eigenvalue weighted by atomic mass is 10.2. The Hall–Kier alpha value is -2.65. The lowest BCUT2D eigenvalue weighted by Gasteiger charge is -2.13. The third-order valence-corrected chi connectivity index (χ3v) is 5.83. The molecule has 0 radical (unpaired) electrons. The number of nitrogens with one attached hydrogen (secondary N) is 1. The summed E-state index contributed by atoms with van der Waals surface area (Å²) in [5, 5.41) is 5.96. The summed E-state index contributed by atoms with van der Waals surface area (Å²) in [6.45, 7) is 3.69. The first kappa shape index (κ1) is 19.1. The molecule has 0 fully saturated rings. The number of amides is 1. The van der Waals surface area contributed by atoms with Crippen LogP contribution in [0.2, 0.25) is 0 Å². The number of rotatable bonds is 6. The van der Waals surface area contributed by atoms with E-state index in [9.17, 15) is 4.79 Å². The van der Waals surface area contributed by atoms with Gasteiger partial charge in [0.05, 0.1) is 32.7 Å². The van der Waals surface area contributed by atoms with Gasteiger partial charge in [0, 0.05) is 10.9 Å². The monoisotopic (exact) mass is 405 g/mol. The number of carbonyl (C=O) groups excluding carboxylic acids is 1. The second kappa shape index (κ2) is 7.93. The lowest BCUT2D eigenvalue weighted by molar-refractivity contribution is 0.103. The standard InChI is InChI=1S/C18H19N3O4S2/c1-9-8-26-18(19-9)21-16(22)15-10(2)20-17(27-15)11-6-12(23-3)14(25-5)13(7-11)24-4/h6-8H,1-5H3,(H,19,21,22). The Morgan fingerprint density at radius 1 is 1.04 bits per heavy atom. The average molecular weight is 406 g/mol. The minimum Gasteiger partial charge on any atom is -0.493 e. The number of benzene rings is 1. The van der Waals surface area contributed by atoms with Crippen LogP contribution in [0, 0.1) is 13.8 Å². The van der Waals surface area contributed by atoms with Gasteiger partial charge in [0.25, 0.3) is 5.91 Å². The summed E-state index contributed by atoms with van der Waals surface area (Å²) in [6.07, 6.45) is 0. The number of anilines is 1. The van der Waals surface area contributed by atoms with E-state index >= 15 is 0 Å². The van der Waals surface area contributed by atoms with Crippen molar-refractivity contribution in [1.29, 1.82) is 0 Å². The Balaban J connectivity index is 1.95. The summed E-state index contributed by atoms with van der Waals surface area (Å²) in [4.78, 5) is 21.9. The second-order valence-corrected chi connectivity index (χ2v) is 7.45. The molecule has 27 heavy (non-hydrogen) atoms. The van der Waals surface area contributed by atoms with Gasteiger partial charge in [-0.2, -0.15) is 0 Å². The molecule has 0 saturated heterocycles. The number of ether oxygens (including phenoxy) is 3. The first-order chi connectivity index (χ1) is 13.0. The molecular formula is C18H19N3O4S2. The Bertz CT molecular complexity index is 956. The first-order valence-corrected chi connectivity index (χ1v) is 9.67. The van der Waals surface area contributed by atoms with Gasteiger partial charge in [-0.3, -0.25) is 10.1 Å². The maximum absolute atomic E-state index is 12.6. The molecule has 0 unspecified atom stereocenters. The number of hydrogen-bond donors (Lipinski definition) is 1. The van der Waals surface area contributed by atoms with Gasteiger partial charge in [0.1, 0.15) is 9.88 Å². The molecular weight excluding hydrogens is 386 g/mol. The van der Waals surface area contributed by atoms with Crippen molar-refractivity contribution >= 4 is 33.7 Å². The van der Waals surface area contributed by atoms with Crippen LogP contribution in [0.5, 0.6) is 17.2 Å². The van der Waals surface area contributed by atoms with E-state index in [1.165, 1.54) is 22.7 Å². The molecule has 7 nitrogen and oxygen atoms in total. The fourth-order valence-corrected chi connectivity index (χ4v) is 4.13. The number of hydrogen-bond acceptors (Lipinski definition) is 8. The lowest BCUT2D eigenvalue weighted by Crippen LogP contribution is -2.11. The van der Waals surface area contributed by atoms with E-state index in [2.05, 4.69) is 15.3 Å². The fourth-order valence-electron chi connectivity index (χ4n) is 2.50. The van der Waals surface area contributed by atoms with Gasteiger partial charge < -0.3 is 14.2 Å². The highest BCUT2D eigenvalue weighted by atomic mass is 32.1. The minimum atomic E-state index is -0.224. The molecule has 1 N–H and O–H groups in total. The molecule has 142 valence electrons. The van der Waals surface area contributed by atoms with E-state index in [1.54, 1.807) is 28.3 Å². The summed E-state index contributed by atoms with van der Waals surface area (Å²) in [5.74, 6) is 1.35. The number of carbonyl (C=O) groups is 1. The normalized spacial score (nSPS) is 10.6. The van der Waals surface area contributed by atoms with Crippen LogP contribution in [-0.2, 0) is 0 Å². The van der Waals surface area contributed by atoms with Crippen LogP contribution in [-0.4, -0.2) is 37.2 Å². The number of nitrogens with zero attached hydrogens (tertiary/aromatic N) is 2. The number of thiazole rings is 2. The zero-order valence-corrected chi connectivity index (χ0v) is 17.2. The zero-order valence-electron chi connectivity index (χ0n) is 15.6. The van der Waals surface area contributed by atoms with E-state index in [0.717, 1.165) is 11.3 Å². The van der Waals surface area contributed by atoms with E-state index < -0.39 is 0 Å². The molecule has 2 aromatic heterocycles. The highest BCUT2D eigenvalue weighted by Gasteiger charge is 2.20. The molecule has 3 rings (SSSR count). The maximum atomic E-state index is 12.6. The highest BCUT2D eigenvalue weighted by Crippen LogP contribution is 2.42. The summed E-state index contributed by atoms with van der Waals surface area (Å²) >= 11 is 2.69. The molecule has 1 amide bonds. The molecule has 0 saturated carbocycles. The maximum Gasteiger partial charge on any atom is 0.269 e. The minimum absolute atomic E-state index is 0.224. The van der Waals surface area contributed by atoms with Gasteiger partial charge >= 0.3 is 0 Å². The summed E-state index contributed by atoms with van der Waals surface area (Å²) in [7, 11) is 4.67. The van der Waals surface area contributed by atoms with E-state index in [1.807, 2.05) is 24.4 Å². The summed E-state index contributed by atoms with van der Waals surface area (Å²) in [6, 6.07) is 3.62. The van der Waals surface area contributed by atoms with Crippen LogP contribution >= 0.6 is 22.7 Å². The van der Waals surface area contributed by atoms with Crippen LogP contribution in [0.1, 0.15) is 21.1 Å². The topological polar surface area (TPSA) is 82.6 Å². The van der Waals surface area contributed by atoms with Gasteiger partial charge in [-0.25, -0.2) is 9.97 Å². The van der Waals surface area contributed by atoms with Crippen LogP contribution in [0.15, 0.2) is 17.5 Å². The van der Waals surface area contributed by atoms with Gasteiger partial charge in [-0.15, -0.1) is 22.7 Å². The average Bonchev–Trinajstić information content (AvgIpc) is 3.25. The highest BCUT2D eigenvalue weighted by molar-refractivity contribution is 7.17. The van der Waals surface area contributed by atoms with Crippen molar-refractivity contribution in [3.63, 3.8) is 0 Å². The van der Waals surface area contributed by atoms with Crippen LogP contribution in [0.3, 0.4) is 0 Å². The molecule has 0 aliphatic heterocycles. The van der Waals surface area contributed by atoms with Crippen LogP contribution in [0.4, 0.5) is 5.13 Å². The van der Waals surface area contributed by atoms with Gasteiger partial charge in [-0.05, 0) is 26.0 Å². The molecule has 0 atom stereocenters. The predicted octanol–water partition coefficient (Wildman–Crippen LogP) is 4.16. The van der Waals surface area contributed by atoms with Crippen molar-refractivity contribution in [3.05, 3.63) is 33.8 Å². The van der Waals surface area contributed by atoms with Crippen molar-refractivity contribution in [2.75, 3.05) is 26.6 Å². The molecule has 0 aliphatic rings. The third kappa shape index (κ3) is 3.88. The van der Waals surface area contributed by atoms with Gasteiger partial charge in [0.15, 0.2) is 16.6 Å². The van der Waals surface area contributed by atoms with Crippen molar-refractivity contribution in [2.45, 2.75) is 13.8 Å². The molecule has 1 aromatic carbocycles. The quantitative estimate of drug-likeness (QED) is 0.663. The molecule has 0 bridgehead atoms. The molecule has 0 aliphatic carbocycles. The Labute approximate surface area is 165 Å². The second-order valence-electron chi connectivity index (χ2n) is 5.60. The predicted molar refractivity (Wildman–Crippen MR) is 107 cm³/mol. The van der Waals surface area contributed by atoms with Crippen molar-refractivity contribution in [3.8, 4) is 27.8 Å². The van der Waals surface area contributed by atoms with E-state index in [0.29, 0.717) is 38.0 Å². The third-order valence-electron chi connectivity index (χ3n) is 3.75. The van der Waals surface area contributed by atoms with E-state index in [4.69, 9.17) is 14.2 Å². The van der Waals surface area contributed by atoms with Crippen LogP contribution in [0.25, 0.3) is 10.6 Å². The molecule has 3 aromatic rings. The smallest absolute Gasteiger partial charge is 0.269 e. The van der Waals surface area contributed by atoms with Crippen LogP contribution < -0.4 is 19.5 Å². The Morgan fingerprint density at radius 3 is 2.22 bits per heavy atom. The summed E-state index contributed by atoms with van der Waals surface area (Å²) < 4.78 is 16.1. The number of aryl methyl sites for hydroxylation is 2.